The normalized spacial score (nSPS) is 10.3. The predicted octanol–water partition coefficient (Wildman–Crippen LogP) is 3.00. The Labute approximate surface area is 121 Å². The second kappa shape index (κ2) is 5.55. The van der Waals surface area contributed by atoms with Gasteiger partial charge in [-0.2, -0.15) is 9.65 Å². The van der Waals surface area contributed by atoms with Crippen molar-refractivity contribution in [3.05, 3.63) is 71.7 Å². The third-order valence-corrected chi connectivity index (χ3v) is 3.14. The average molecular weight is 278 g/mol. The van der Waals surface area contributed by atoms with E-state index in [1.54, 1.807) is 24.3 Å². The highest BCUT2D eigenvalue weighted by atomic mass is 19.1. The van der Waals surface area contributed by atoms with Crippen molar-refractivity contribution in [3.63, 3.8) is 0 Å². The molecule has 4 nitrogen and oxygen atoms in total. The lowest BCUT2D eigenvalue weighted by molar-refractivity contribution is 0.477. The Bertz CT molecular complexity index is 785. The molecule has 0 radical (unpaired) electrons. The molecule has 0 spiro atoms. The van der Waals surface area contributed by atoms with Gasteiger partial charge in [-0.25, -0.2) is 4.68 Å². The van der Waals surface area contributed by atoms with Gasteiger partial charge in [0.25, 0.3) is 0 Å². The Kier molecular flexibility index (Phi) is 3.44. The quantitative estimate of drug-likeness (QED) is 0.740. The van der Waals surface area contributed by atoms with Gasteiger partial charge < -0.3 is 0 Å². The van der Waals surface area contributed by atoms with Crippen LogP contribution in [0, 0.1) is 17.3 Å². The molecule has 0 saturated heterocycles. The Morgan fingerprint density at radius 1 is 1.05 bits per heavy atom. The number of nitrogens with zero attached hydrogens (tertiary/aromatic N) is 4. The van der Waals surface area contributed by atoms with Crippen molar-refractivity contribution < 1.29 is 4.39 Å². The van der Waals surface area contributed by atoms with Gasteiger partial charge in [0, 0.05) is 5.56 Å². The molecule has 0 N–H and O–H groups in total. The second-order valence-electron chi connectivity index (χ2n) is 4.56. The molecule has 0 aliphatic carbocycles. The molecule has 5 heteroatoms. The van der Waals surface area contributed by atoms with E-state index in [1.807, 2.05) is 36.4 Å². The van der Waals surface area contributed by atoms with Gasteiger partial charge in [-0.15, -0.1) is 5.10 Å². The van der Waals surface area contributed by atoms with Crippen molar-refractivity contribution in [1.29, 1.82) is 5.26 Å². The molecule has 2 aromatic carbocycles. The molecule has 102 valence electrons. The maximum atomic E-state index is 14.4. The van der Waals surface area contributed by atoms with E-state index >= 15 is 0 Å². The Hall–Kier alpha value is -3.00. The zero-order valence-electron chi connectivity index (χ0n) is 11.1. The third kappa shape index (κ3) is 2.65. The number of hydrogen-bond donors (Lipinski definition) is 0. The molecule has 3 rings (SSSR count). The summed E-state index contributed by atoms with van der Waals surface area (Å²) in [5.41, 5.74) is 2.27. The summed E-state index contributed by atoms with van der Waals surface area (Å²) >= 11 is 0. The molecular weight excluding hydrogens is 267 g/mol. The highest BCUT2D eigenvalue weighted by Gasteiger charge is 2.14. The number of nitriles is 1. The third-order valence-electron chi connectivity index (χ3n) is 3.14. The molecule has 1 heterocycles. The molecule has 3 aromatic rings. The summed E-state index contributed by atoms with van der Waals surface area (Å²) in [6.07, 6.45) is 0. The molecule has 0 saturated carbocycles. The summed E-state index contributed by atoms with van der Waals surface area (Å²) in [5, 5.41) is 16.5. The lowest BCUT2D eigenvalue weighted by Crippen LogP contribution is -2.04. The van der Waals surface area contributed by atoms with E-state index in [2.05, 4.69) is 10.3 Å². The molecule has 0 atom stereocenters. The number of hydrogen-bond acceptors (Lipinski definition) is 3. The molecule has 0 aliphatic rings. The Balaban J connectivity index is 1.90. The molecule has 0 amide bonds. The van der Waals surface area contributed by atoms with E-state index in [1.165, 1.54) is 4.68 Å². The number of halogens is 1. The summed E-state index contributed by atoms with van der Waals surface area (Å²) in [6.45, 7) is 0.329. The first kappa shape index (κ1) is 13.0. The molecule has 21 heavy (non-hydrogen) atoms. The lowest BCUT2D eigenvalue weighted by Gasteiger charge is -2.01. The van der Waals surface area contributed by atoms with Gasteiger partial charge >= 0.3 is 0 Å². The molecule has 0 unspecified atom stereocenters. The monoisotopic (exact) mass is 278 g/mol. The molecule has 0 aliphatic heterocycles. The van der Waals surface area contributed by atoms with Crippen molar-refractivity contribution in [2.24, 2.45) is 0 Å². The summed E-state index contributed by atoms with van der Waals surface area (Å²) in [6, 6.07) is 18.1. The van der Waals surface area contributed by atoms with Crippen molar-refractivity contribution in [3.8, 4) is 17.3 Å². The van der Waals surface area contributed by atoms with E-state index < -0.39 is 5.95 Å². The van der Waals surface area contributed by atoms with Gasteiger partial charge in [-0.1, -0.05) is 47.7 Å². The topological polar surface area (TPSA) is 54.5 Å². The number of aromatic nitrogens is 3. The fraction of sp³-hybridized carbons (Fsp3) is 0.0625. The van der Waals surface area contributed by atoms with Gasteiger partial charge in [0.2, 0.25) is 5.95 Å². The van der Waals surface area contributed by atoms with Gasteiger partial charge in [-0.05, 0) is 17.7 Å². The summed E-state index contributed by atoms with van der Waals surface area (Å²) in [4.78, 5) is 0. The smallest absolute Gasteiger partial charge is 0.214 e. The van der Waals surface area contributed by atoms with E-state index in [9.17, 15) is 4.39 Å². The average Bonchev–Trinajstić information content (AvgIpc) is 2.89. The van der Waals surface area contributed by atoms with Gasteiger partial charge in [0.05, 0.1) is 18.2 Å². The van der Waals surface area contributed by atoms with Crippen LogP contribution in [0.4, 0.5) is 4.39 Å². The molecule has 1 aromatic heterocycles. The first-order valence-electron chi connectivity index (χ1n) is 6.41. The highest BCUT2D eigenvalue weighted by Crippen LogP contribution is 2.20. The minimum absolute atomic E-state index is 0.190. The summed E-state index contributed by atoms with van der Waals surface area (Å²) < 4.78 is 15.6. The van der Waals surface area contributed by atoms with Crippen LogP contribution in [0.1, 0.15) is 11.1 Å². The lowest BCUT2D eigenvalue weighted by atomic mass is 10.1. The summed E-state index contributed by atoms with van der Waals surface area (Å²) in [5.74, 6) is -0.483. The zero-order valence-corrected chi connectivity index (χ0v) is 11.1. The maximum absolute atomic E-state index is 14.4. The van der Waals surface area contributed by atoms with Crippen LogP contribution in [0.15, 0.2) is 54.6 Å². The standard InChI is InChI=1S/C16H11FN4/c17-16-15(14-8-6-12(10-18)7-9-14)19-20-21(16)11-13-4-2-1-3-5-13/h1-9H,11H2. The number of benzene rings is 2. The fourth-order valence-electron chi connectivity index (χ4n) is 2.04. The largest absolute Gasteiger partial charge is 0.240 e. The molecule has 0 fully saturated rings. The van der Waals surface area contributed by atoms with Crippen molar-refractivity contribution in [1.82, 2.24) is 15.0 Å². The van der Waals surface area contributed by atoms with Gasteiger partial charge in [0.1, 0.15) is 5.69 Å². The number of rotatable bonds is 3. The minimum atomic E-state index is -0.483. The first-order valence-corrected chi connectivity index (χ1v) is 6.41. The fourth-order valence-corrected chi connectivity index (χ4v) is 2.04. The molecule has 0 bridgehead atoms. The van der Waals surface area contributed by atoms with Crippen molar-refractivity contribution >= 4 is 0 Å². The Morgan fingerprint density at radius 3 is 2.43 bits per heavy atom. The van der Waals surface area contributed by atoms with Crippen molar-refractivity contribution in [2.45, 2.75) is 6.54 Å². The van der Waals surface area contributed by atoms with Crippen LogP contribution < -0.4 is 0 Å². The van der Waals surface area contributed by atoms with Crippen LogP contribution >= 0.6 is 0 Å². The SMILES string of the molecule is N#Cc1ccc(-c2nnn(Cc3ccccc3)c2F)cc1. The van der Waals surface area contributed by atoms with E-state index in [-0.39, 0.29) is 5.69 Å². The van der Waals surface area contributed by atoms with Gasteiger partial charge in [0.15, 0.2) is 0 Å². The predicted molar refractivity (Wildman–Crippen MR) is 75.7 cm³/mol. The van der Waals surface area contributed by atoms with Crippen molar-refractivity contribution in [2.75, 3.05) is 0 Å². The van der Waals surface area contributed by atoms with Gasteiger partial charge in [-0.3, -0.25) is 0 Å². The Morgan fingerprint density at radius 2 is 1.76 bits per heavy atom. The first-order chi connectivity index (χ1) is 10.3. The van der Waals surface area contributed by atoms with Crippen LogP contribution in [0.3, 0.4) is 0 Å². The van der Waals surface area contributed by atoms with Crippen LogP contribution in [-0.2, 0) is 6.54 Å². The van der Waals surface area contributed by atoms with Crippen LogP contribution in [0.2, 0.25) is 0 Å². The summed E-state index contributed by atoms with van der Waals surface area (Å²) in [7, 11) is 0. The van der Waals surface area contributed by atoms with E-state index in [0.717, 1.165) is 5.56 Å². The minimum Gasteiger partial charge on any atom is -0.214 e. The van der Waals surface area contributed by atoms with E-state index in [4.69, 9.17) is 5.26 Å². The zero-order chi connectivity index (χ0) is 14.7. The van der Waals surface area contributed by atoms with Crippen LogP contribution in [-0.4, -0.2) is 15.0 Å². The van der Waals surface area contributed by atoms with E-state index in [0.29, 0.717) is 17.7 Å². The highest BCUT2D eigenvalue weighted by molar-refractivity contribution is 5.59. The molecular formula is C16H11FN4. The second-order valence-corrected chi connectivity index (χ2v) is 4.56. The van der Waals surface area contributed by atoms with Crippen LogP contribution in [0.25, 0.3) is 11.3 Å². The van der Waals surface area contributed by atoms with Crippen LogP contribution in [0.5, 0.6) is 0 Å². The maximum Gasteiger partial charge on any atom is 0.240 e.